The van der Waals surface area contributed by atoms with Gasteiger partial charge in [-0.05, 0) is 42.5 Å². The molecular weight excluding hydrogens is 492 g/mol. The first-order chi connectivity index (χ1) is 14.2. The fourth-order valence-electron chi connectivity index (χ4n) is 4.66. The maximum Gasteiger partial charge on any atom is 0.193 e. The predicted molar refractivity (Wildman–Crippen MR) is 130 cm³/mol. The smallest absolute Gasteiger partial charge is 0.193 e. The van der Waals surface area contributed by atoms with E-state index in [0.29, 0.717) is 5.92 Å². The van der Waals surface area contributed by atoms with E-state index in [4.69, 9.17) is 4.74 Å². The number of hydrogen-bond acceptors (Lipinski definition) is 2. The minimum atomic E-state index is -0.191. The molecule has 2 saturated heterocycles. The monoisotopic (exact) mass is 523 g/mol. The van der Waals surface area contributed by atoms with Crippen molar-refractivity contribution in [2.75, 3.05) is 39.9 Å². The molecule has 0 radical (unpaired) electrons. The Bertz CT molecular complexity index is 822. The van der Waals surface area contributed by atoms with Gasteiger partial charge in [0, 0.05) is 51.2 Å². The van der Waals surface area contributed by atoms with E-state index in [0.717, 1.165) is 58.1 Å². The number of likely N-dealkylation sites (tertiary alicyclic amines) is 1. The molecule has 0 aliphatic carbocycles. The summed E-state index contributed by atoms with van der Waals surface area (Å²) in [6, 6.07) is 17.7. The van der Waals surface area contributed by atoms with Gasteiger partial charge in [-0.15, -0.1) is 24.0 Å². The first kappa shape index (κ1) is 23.0. The molecule has 2 aromatic carbocycles. The fraction of sp³-hybridized carbons (Fsp3) is 0.458. The van der Waals surface area contributed by atoms with Crippen LogP contribution in [0.5, 0.6) is 0 Å². The molecular formula is C24H31FIN3O. The Kier molecular flexibility index (Phi) is 8.11. The van der Waals surface area contributed by atoms with Crippen LogP contribution in [0.4, 0.5) is 4.39 Å². The number of hydrogen-bond donors (Lipinski definition) is 1. The Balaban J connectivity index is 0.00000256. The van der Waals surface area contributed by atoms with Gasteiger partial charge in [0.25, 0.3) is 0 Å². The molecule has 2 aliphatic rings. The zero-order valence-corrected chi connectivity index (χ0v) is 19.8. The highest BCUT2D eigenvalue weighted by Gasteiger charge is 2.35. The van der Waals surface area contributed by atoms with Crippen LogP contribution in [-0.2, 0) is 10.2 Å². The first-order valence-corrected chi connectivity index (χ1v) is 10.5. The van der Waals surface area contributed by atoms with Crippen LogP contribution in [0.3, 0.4) is 0 Å². The third kappa shape index (κ3) is 5.14. The molecule has 0 amide bonds. The average Bonchev–Trinajstić information content (AvgIpc) is 3.26. The molecule has 162 valence electrons. The second-order valence-electron chi connectivity index (χ2n) is 8.14. The Morgan fingerprint density at radius 1 is 1.13 bits per heavy atom. The first-order valence-electron chi connectivity index (χ1n) is 10.5. The van der Waals surface area contributed by atoms with Gasteiger partial charge in [0.2, 0.25) is 0 Å². The summed E-state index contributed by atoms with van der Waals surface area (Å²) < 4.78 is 19.1. The number of benzene rings is 2. The number of nitrogens with one attached hydrogen (secondary N) is 1. The van der Waals surface area contributed by atoms with E-state index >= 15 is 0 Å². The van der Waals surface area contributed by atoms with E-state index in [1.54, 1.807) is 12.1 Å². The van der Waals surface area contributed by atoms with Crippen molar-refractivity contribution < 1.29 is 9.13 Å². The molecule has 1 N–H and O–H groups in total. The maximum atomic E-state index is 13.5. The van der Waals surface area contributed by atoms with Gasteiger partial charge in [-0.3, -0.25) is 4.99 Å². The normalized spacial score (nSPS) is 21.2. The van der Waals surface area contributed by atoms with E-state index in [-0.39, 0.29) is 35.2 Å². The van der Waals surface area contributed by atoms with Crippen LogP contribution >= 0.6 is 24.0 Å². The van der Waals surface area contributed by atoms with Crippen LogP contribution in [0.2, 0.25) is 0 Å². The van der Waals surface area contributed by atoms with Crippen molar-refractivity contribution in [3.63, 3.8) is 0 Å². The van der Waals surface area contributed by atoms with Gasteiger partial charge in [-0.2, -0.15) is 0 Å². The lowest BCUT2D eigenvalue weighted by Crippen LogP contribution is -2.48. The van der Waals surface area contributed by atoms with Crippen LogP contribution in [0.25, 0.3) is 0 Å². The largest absolute Gasteiger partial charge is 0.381 e. The van der Waals surface area contributed by atoms with Gasteiger partial charge in [0.15, 0.2) is 5.96 Å². The van der Waals surface area contributed by atoms with Gasteiger partial charge < -0.3 is 15.0 Å². The Morgan fingerprint density at radius 2 is 1.83 bits per heavy atom. The highest BCUT2D eigenvalue weighted by atomic mass is 127. The standard InChI is InChI=1S/C24H30FN3O.HI/c1-26-23(28-14-11-20(17-28)19-5-3-2-4-6-19)27-18-24(12-15-29-16-13-24)21-7-9-22(25)10-8-21;/h2-10,20H,11-18H2,1H3,(H,26,27);1H. The molecule has 0 spiro atoms. The van der Waals surface area contributed by atoms with E-state index in [1.807, 2.05) is 19.2 Å². The molecule has 2 heterocycles. The molecule has 30 heavy (non-hydrogen) atoms. The number of guanidine groups is 1. The highest BCUT2D eigenvalue weighted by Crippen LogP contribution is 2.35. The van der Waals surface area contributed by atoms with Crippen molar-refractivity contribution in [1.29, 1.82) is 0 Å². The van der Waals surface area contributed by atoms with Crippen molar-refractivity contribution in [3.05, 3.63) is 71.5 Å². The minimum absolute atomic E-state index is 0. The summed E-state index contributed by atoms with van der Waals surface area (Å²) in [6.07, 6.45) is 2.99. The van der Waals surface area contributed by atoms with Crippen LogP contribution in [0.15, 0.2) is 59.6 Å². The number of aliphatic imine (C=N–C) groups is 1. The van der Waals surface area contributed by atoms with E-state index < -0.39 is 0 Å². The fourth-order valence-corrected chi connectivity index (χ4v) is 4.66. The average molecular weight is 523 g/mol. The van der Waals surface area contributed by atoms with Gasteiger partial charge in [0.1, 0.15) is 5.82 Å². The number of nitrogens with zero attached hydrogens (tertiary/aromatic N) is 2. The SMILES string of the molecule is CN=C(NCC1(c2ccc(F)cc2)CCOCC1)N1CCC(c2ccccc2)C1.I. The van der Waals surface area contributed by atoms with Crippen molar-refractivity contribution in [1.82, 2.24) is 10.2 Å². The van der Waals surface area contributed by atoms with Gasteiger partial charge in [-0.25, -0.2) is 4.39 Å². The molecule has 1 atom stereocenters. The van der Waals surface area contributed by atoms with Crippen molar-refractivity contribution in [2.24, 2.45) is 4.99 Å². The second-order valence-corrected chi connectivity index (χ2v) is 8.14. The lowest BCUT2D eigenvalue weighted by atomic mass is 9.74. The van der Waals surface area contributed by atoms with E-state index in [1.165, 1.54) is 11.1 Å². The minimum Gasteiger partial charge on any atom is -0.381 e. The number of ether oxygens (including phenoxy) is 1. The molecule has 0 bridgehead atoms. The topological polar surface area (TPSA) is 36.9 Å². The predicted octanol–water partition coefficient (Wildman–Crippen LogP) is 4.56. The Hall–Kier alpha value is -1.67. The maximum absolute atomic E-state index is 13.5. The number of halogens is 2. The third-order valence-electron chi connectivity index (χ3n) is 6.46. The van der Waals surface area contributed by atoms with E-state index in [9.17, 15) is 4.39 Å². The highest BCUT2D eigenvalue weighted by molar-refractivity contribution is 14.0. The third-order valence-corrected chi connectivity index (χ3v) is 6.46. The molecule has 2 fully saturated rings. The van der Waals surface area contributed by atoms with Crippen molar-refractivity contribution >= 4 is 29.9 Å². The summed E-state index contributed by atoms with van der Waals surface area (Å²) in [5.41, 5.74) is 2.52. The quantitative estimate of drug-likeness (QED) is 0.363. The molecule has 2 aliphatic heterocycles. The molecule has 0 aromatic heterocycles. The lowest BCUT2D eigenvalue weighted by Gasteiger charge is -2.39. The molecule has 4 nitrogen and oxygen atoms in total. The van der Waals surface area contributed by atoms with E-state index in [2.05, 4.69) is 45.5 Å². The molecule has 1 unspecified atom stereocenters. The van der Waals surface area contributed by atoms with Crippen molar-refractivity contribution in [2.45, 2.75) is 30.6 Å². The summed E-state index contributed by atoms with van der Waals surface area (Å²) in [5.74, 6) is 1.31. The Morgan fingerprint density at radius 3 is 2.50 bits per heavy atom. The van der Waals surface area contributed by atoms with Gasteiger partial charge in [0.05, 0.1) is 0 Å². The zero-order valence-electron chi connectivity index (χ0n) is 17.5. The zero-order chi connectivity index (χ0) is 20.1. The summed E-state index contributed by atoms with van der Waals surface area (Å²) >= 11 is 0. The van der Waals surface area contributed by atoms with Gasteiger partial charge in [-0.1, -0.05) is 42.5 Å². The van der Waals surface area contributed by atoms with Crippen LogP contribution < -0.4 is 5.32 Å². The number of rotatable bonds is 4. The van der Waals surface area contributed by atoms with Gasteiger partial charge >= 0.3 is 0 Å². The summed E-state index contributed by atoms with van der Waals surface area (Å²) in [6.45, 7) is 4.23. The summed E-state index contributed by atoms with van der Waals surface area (Å²) in [5, 5.41) is 3.63. The second kappa shape index (κ2) is 10.6. The molecule has 4 rings (SSSR count). The molecule has 6 heteroatoms. The van der Waals surface area contributed by atoms with Crippen LogP contribution in [-0.4, -0.2) is 50.8 Å². The lowest BCUT2D eigenvalue weighted by molar-refractivity contribution is 0.0512. The summed E-state index contributed by atoms with van der Waals surface area (Å²) in [4.78, 5) is 6.92. The summed E-state index contributed by atoms with van der Waals surface area (Å²) in [7, 11) is 1.85. The molecule has 2 aromatic rings. The van der Waals surface area contributed by atoms with Crippen molar-refractivity contribution in [3.8, 4) is 0 Å². The Labute approximate surface area is 195 Å². The van der Waals surface area contributed by atoms with Crippen LogP contribution in [0, 0.1) is 5.82 Å². The molecule has 0 saturated carbocycles. The van der Waals surface area contributed by atoms with Crippen LogP contribution in [0.1, 0.15) is 36.3 Å².